The van der Waals surface area contributed by atoms with Crippen molar-refractivity contribution in [3.05, 3.63) is 29.8 Å². The van der Waals surface area contributed by atoms with Crippen molar-refractivity contribution >= 4 is 18.3 Å². The minimum atomic E-state index is -0.393. The topological polar surface area (TPSA) is 73.6 Å². The van der Waals surface area contributed by atoms with Gasteiger partial charge in [0.05, 0.1) is 19.8 Å². The summed E-state index contributed by atoms with van der Waals surface area (Å²) in [7, 11) is 1.65. The van der Waals surface area contributed by atoms with Gasteiger partial charge in [-0.15, -0.1) is 12.4 Å². The van der Waals surface area contributed by atoms with E-state index in [-0.39, 0.29) is 18.3 Å². The Morgan fingerprint density at radius 3 is 2.59 bits per heavy atom. The van der Waals surface area contributed by atoms with Crippen LogP contribution in [0, 0.1) is 0 Å². The third-order valence-corrected chi connectivity index (χ3v) is 3.13. The molecule has 0 bridgehead atoms. The minimum absolute atomic E-state index is 0. The normalized spacial score (nSPS) is 11.4. The fourth-order valence-electron chi connectivity index (χ4n) is 1.87. The van der Waals surface area contributed by atoms with Crippen LogP contribution in [-0.2, 0) is 16.1 Å². The number of nitrogens with two attached hydrogens (primary N) is 1. The number of nitrogens with one attached hydrogen (secondary N) is 1. The van der Waals surface area contributed by atoms with Crippen LogP contribution in [0.15, 0.2) is 24.3 Å². The number of hydrogen-bond acceptors (Lipinski definition) is 4. The van der Waals surface area contributed by atoms with Gasteiger partial charge in [-0.3, -0.25) is 4.79 Å². The number of methoxy groups -OCH3 is 1. The first-order valence-corrected chi connectivity index (χ1v) is 7.41. The summed E-state index contributed by atoms with van der Waals surface area (Å²) in [5, 5.41) is 2.82. The number of amides is 1. The molecule has 1 aromatic carbocycles. The number of hydrogen-bond donors (Lipinski definition) is 2. The molecule has 1 amide bonds. The smallest absolute Gasteiger partial charge is 0.236 e. The second-order valence-electron chi connectivity index (χ2n) is 4.94. The summed E-state index contributed by atoms with van der Waals surface area (Å²) in [6.45, 7) is 3.78. The highest BCUT2D eigenvalue weighted by Crippen LogP contribution is 2.11. The Morgan fingerprint density at radius 2 is 2.00 bits per heavy atom. The molecule has 0 aromatic heterocycles. The van der Waals surface area contributed by atoms with Crippen molar-refractivity contribution in [3.63, 3.8) is 0 Å². The third kappa shape index (κ3) is 8.22. The molecule has 126 valence electrons. The number of halogens is 1. The van der Waals surface area contributed by atoms with Gasteiger partial charge in [0.25, 0.3) is 0 Å². The van der Waals surface area contributed by atoms with Crippen LogP contribution in [-0.4, -0.2) is 32.2 Å². The molecule has 0 saturated carbocycles. The summed E-state index contributed by atoms with van der Waals surface area (Å²) < 4.78 is 10.7. The van der Waals surface area contributed by atoms with E-state index in [1.807, 2.05) is 31.2 Å². The molecule has 1 rings (SSSR count). The number of ether oxygens (including phenoxy) is 2. The minimum Gasteiger partial charge on any atom is -0.497 e. The van der Waals surface area contributed by atoms with E-state index in [0.29, 0.717) is 19.8 Å². The lowest BCUT2D eigenvalue weighted by Gasteiger charge is -2.11. The molecule has 0 saturated heterocycles. The molecule has 0 heterocycles. The molecule has 5 nitrogen and oxygen atoms in total. The van der Waals surface area contributed by atoms with E-state index in [2.05, 4.69) is 5.32 Å². The van der Waals surface area contributed by atoms with Gasteiger partial charge in [-0.25, -0.2) is 0 Å². The van der Waals surface area contributed by atoms with Crippen LogP contribution in [0.3, 0.4) is 0 Å². The Bertz CT molecular complexity index is 412. The summed E-state index contributed by atoms with van der Waals surface area (Å²) in [6, 6.07) is 7.38. The quantitative estimate of drug-likeness (QED) is 0.645. The average Bonchev–Trinajstić information content (AvgIpc) is 2.51. The maximum Gasteiger partial charge on any atom is 0.236 e. The molecular weight excluding hydrogens is 304 g/mol. The van der Waals surface area contributed by atoms with E-state index in [4.69, 9.17) is 15.2 Å². The Kier molecular flexibility index (Phi) is 11.5. The zero-order chi connectivity index (χ0) is 15.5. The second kappa shape index (κ2) is 12.3. The fraction of sp³-hybridized carbons (Fsp3) is 0.562. The van der Waals surface area contributed by atoms with Crippen molar-refractivity contribution in [3.8, 4) is 5.75 Å². The fourth-order valence-corrected chi connectivity index (χ4v) is 1.87. The van der Waals surface area contributed by atoms with Crippen LogP contribution >= 0.6 is 12.4 Å². The SMILES string of the molecule is CCCC(N)C(=O)NCCCOCc1ccc(OC)cc1.Cl. The standard InChI is InChI=1S/C16H26N2O3.ClH/c1-3-5-15(17)16(19)18-10-4-11-21-12-13-6-8-14(20-2)9-7-13;/h6-9,15H,3-5,10-12,17H2,1-2H3,(H,18,19);1H. The highest BCUT2D eigenvalue weighted by atomic mass is 35.5. The largest absolute Gasteiger partial charge is 0.497 e. The van der Waals surface area contributed by atoms with E-state index in [1.54, 1.807) is 7.11 Å². The summed E-state index contributed by atoms with van der Waals surface area (Å²) in [5.41, 5.74) is 6.82. The van der Waals surface area contributed by atoms with Crippen LogP contribution in [0.25, 0.3) is 0 Å². The summed E-state index contributed by atoms with van der Waals surface area (Å²) in [5.74, 6) is 0.761. The number of carbonyl (C=O) groups is 1. The lowest BCUT2D eigenvalue weighted by atomic mass is 10.2. The van der Waals surface area contributed by atoms with Crippen LogP contribution in [0.1, 0.15) is 31.7 Å². The van der Waals surface area contributed by atoms with Gasteiger partial charge in [0, 0.05) is 13.2 Å². The molecule has 0 spiro atoms. The Balaban J connectivity index is 0.00000441. The maximum absolute atomic E-state index is 11.6. The molecule has 0 aliphatic heterocycles. The van der Waals surface area contributed by atoms with Gasteiger partial charge in [-0.05, 0) is 30.5 Å². The first-order chi connectivity index (χ1) is 10.2. The van der Waals surface area contributed by atoms with Crippen molar-refractivity contribution < 1.29 is 14.3 Å². The van der Waals surface area contributed by atoms with Crippen LogP contribution < -0.4 is 15.8 Å². The van der Waals surface area contributed by atoms with Crippen LogP contribution in [0.2, 0.25) is 0 Å². The van der Waals surface area contributed by atoms with Crippen molar-refractivity contribution in [2.24, 2.45) is 5.73 Å². The average molecular weight is 331 g/mol. The van der Waals surface area contributed by atoms with Gasteiger partial charge in [0.15, 0.2) is 0 Å². The lowest BCUT2D eigenvalue weighted by Crippen LogP contribution is -2.40. The number of carbonyl (C=O) groups excluding carboxylic acids is 1. The van der Waals surface area contributed by atoms with Crippen LogP contribution in [0.4, 0.5) is 0 Å². The van der Waals surface area contributed by atoms with E-state index < -0.39 is 6.04 Å². The summed E-state index contributed by atoms with van der Waals surface area (Å²) in [4.78, 5) is 11.6. The summed E-state index contributed by atoms with van der Waals surface area (Å²) >= 11 is 0. The van der Waals surface area contributed by atoms with Gasteiger partial charge >= 0.3 is 0 Å². The lowest BCUT2D eigenvalue weighted by molar-refractivity contribution is -0.122. The first kappa shape index (κ1) is 20.7. The van der Waals surface area contributed by atoms with Crippen molar-refractivity contribution in [2.45, 2.75) is 38.8 Å². The van der Waals surface area contributed by atoms with E-state index in [0.717, 1.165) is 30.6 Å². The predicted molar refractivity (Wildman–Crippen MR) is 90.4 cm³/mol. The third-order valence-electron chi connectivity index (χ3n) is 3.13. The van der Waals surface area contributed by atoms with E-state index >= 15 is 0 Å². The molecular formula is C16H27ClN2O3. The van der Waals surface area contributed by atoms with Crippen molar-refractivity contribution in [2.75, 3.05) is 20.3 Å². The van der Waals surface area contributed by atoms with E-state index in [1.165, 1.54) is 0 Å². The molecule has 0 fully saturated rings. The zero-order valence-corrected chi connectivity index (χ0v) is 14.2. The Hall–Kier alpha value is -1.30. The summed E-state index contributed by atoms with van der Waals surface area (Å²) in [6.07, 6.45) is 2.42. The van der Waals surface area contributed by atoms with Gasteiger partial charge in [0.2, 0.25) is 5.91 Å². The van der Waals surface area contributed by atoms with Gasteiger partial charge in [-0.1, -0.05) is 25.5 Å². The maximum atomic E-state index is 11.6. The van der Waals surface area contributed by atoms with E-state index in [9.17, 15) is 4.79 Å². The molecule has 0 aliphatic rings. The predicted octanol–water partition coefficient (Wildman–Crippen LogP) is 2.27. The van der Waals surface area contributed by atoms with Gasteiger partial charge in [0.1, 0.15) is 5.75 Å². The molecule has 1 aromatic rings. The molecule has 3 N–H and O–H groups in total. The molecule has 1 unspecified atom stereocenters. The molecule has 6 heteroatoms. The van der Waals surface area contributed by atoms with Gasteiger partial charge in [-0.2, -0.15) is 0 Å². The molecule has 0 radical (unpaired) electrons. The van der Waals surface area contributed by atoms with Crippen molar-refractivity contribution in [1.29, 1.82) is 0 Å². The van der Waals surface area contributed by atoms with Crippen LogP contribution in [0.5, 0.6) is 5.75 Å². The zero-order valence-electron chi connectivity index (χ0n) is 13.3. The Labute approximate surface area is 139 Å². The number of rotatable bonds is 10. The molecule has 0 aliphatic carbocycles. The molecule has 22 heavy (non-hydrogen) atoms. The monoisotopic (exact) mass is 330 g/mol. The molecule has 1 atom stereocenters. The second-order valence-corrected chi connectivity index (χ2v) is 4.94. The van der Waals surface area contributed by atoms with Crippen molar-refractivity contribution in [1.82, 2.24) is 5.32 Å². The highest BCUT2D eigenvalue weighted by molar-refractivity contribution is 5.85. The number of benzene rings is 1. The first-order valence-electron chi connectivity index (χ1n) is 7.41. The van der Waals surface area contributed by atoms with Gasteiger partial charge < -0.3 is 20.5 Å². The highest BCUT2D eigenvalue weighted by Gasteiger charge is 2.10. The Morgan fingerprint density at radius 1 is 1.32 bits per heavy atom.